The van der Waals surface area contributed by atoms with Crippen LogP contribution in [0.25, 0.3) is 0 Å². The van der Waals surface area contributed by atoms with Crippen molar-refractivity contribution in [3.63, 3.8) is 0 Å². The molecule has 1 unspecified atom stereocenters. The van der Waals surface area contributed by atoms with Gasteiger partial charge in [-0.3, -0.25) is 4.79 Å². The van der Waals surface area contributed by atoms with Crippen LogP contribution in [0.2, 0.25) is 5.02 Å². The Kier molecular flexibility index (Phi) is 3.17. The van der Waals surface area contributed by atoms with Gasteiger partial charge >= 0.3 is 5.97 Å². The molecule has 0 aliphatic heterocycles. The number of carboxylic acid groups (broad SMARTS) is 1. The molecule has 0 aliphatic rings. The number of carboxylic acids is 1. The molecule has 1 atom stereocenters. The molecule has 0 fully saturated rings. The van der Waals surface area contributed by atoms with Gasteiger partial charge in [-0.05, 0) is 43.5 Å². The summed E-state index contributed by atoms with van der Waals surface area (Å²) in [4.78, 5) is 10.8. The van der Waals surface area contributed by atoms with Gasteiger partial charge in [-0.1, -0.05) is 17.7 Å². The van der Waals surface area contributed by atoms with Gasteiger partial charge in [-0.2, -0.15) is 0 Å². The second-order valence-electron chi connectivity index (χ2n) is 3.52. The normalized spacial score (nSPS) is 12.6. The molecule has 0 aliphatic carbocycles. The number of benzene rings is 1. The standard InChI is InChI=1S/C11H13ClO2/c1-6-4-7(2)10(12)5-9(6)8(3)11(13)14/h4-5,8H,1-3H3,(H,13,14). The average Bonchev–Trinajstić information content (AvgIpc) is 2.10. The Morgan fingerprint density at radius 1 is 1.36 bits per heavy atom. The summed E-state index contributed by atoms with van der Waals surface area (Å²) in [6.07, 6.45) is 0. The van der Waals surface area contributed by atoms with Crippen molar-refractivity contribution in [3.05, 3.63) is 33.8 Å². The fourth-order valence-electron chi connectivity index (χ4n) is 1.44. The highest BCUT2D eigenvalue weighted by molar-refractivity contribution is 6.31. The van der Waals surface area contributed by atoms with Crippen LogP contribution in [0.1, 0.15) is 29.5 Å². The molecule has 14 heavy (non-hydrogen) atoms. The number of aryl methyl sites for hydroxylation is 2. The first-order valence-corrected chi connectivity index (χ1v) is 4.80. The SMILES string of the molecule is Cc1cc(C)c(C(C)C(=O)O)cc1Cl. The maximum absolute atomic E-state index is 10.8. The molecule has 1 rings (SSSR count). The third-order valence-corrected chi connectivity index (χ3v) is 2.79. The minimum absolute atomic E-state index is 0.506. The van der Waals surface area contributed by atoms with E-state index in [4.69, 9.17) is 16.7 Å². The van der Waals surface area contributed by atoms with Crippen LogP contribution in [-0.2, 0) is 4.79 Å². The van der Waals surface area contributed by atoms with Crippen molar-refractivity contribution in [1.29, 1.82) is 0 Å². The minimum Gasteiger partial charge on any atom is -0.481 e. The largest absolute Gasteiger partial charge is 0.481 e. The van der Waals surface area contributed by atoms with Gasteiger partial charge in [0.1, 0.15) is 0 Å². The highest BCUT2D eigenvalue weighted by Crippen LogP contribution is 2.26. The second kappa shape index (κ2) is 4.01. The molecule has 0 saturated heterocycles. The fourth-order valence-corrected chi connectivity index (χ4v) is 1.61. The van der Waals surface area contributed by atoms with E-state index in [9.17, 15) is 4.79 Å². The summed E-state index contributed by atoms with van der Waals surface area (Å²) in [7, 11) is 0. The Morgan fingerprint density at radius 3 is 2.43 bits per heavy atom. The summed E-state index contributed by atoms with van der Waals surface area (Å²) in [5.41, 5.74) is 2.74. The summed E-state index contributed by atoms with van der Waals surface area (Å²) in [5, 5.41) is 9.50. The van der Waals surface area contributed by atoms with Gasteiger partial charge in [0, 0.05) is 5.02 Å². The Bertz CT molecular complexity index is 372. The lowest BCUT2D eigenvalue weighted by atomic mass is 9.95. The molecule has 3 heteroatoms. The zero-order valence-electron chi connectivity index (χ0n) is 8.47. The first-order valence-electron chi connectivity index (χ1n) is 4.43. The number of aliphatic carboxylic acids is 1. The van der Waals surface area contributed by atoms with E-state index in [1.54, 1.807) is 13.0 Å². The Balaban J connectivity index is 3.22. The van der Waals surface area contributed by atoms with Gasteiger partial charge < -0.3 is 5.11 Å². The first-order chi connectivity index (χ1) is 6.43. The summed E-state index contributed by atoms with van der Waals surface area (Å²) in [6, 6.07) is 3.65. The van der Waals surface area contributed by atoms with Crippen LogP contribution in [0.4, 0.5) is 0 Å². The van der Waals surface area contributed by atoms with Crippen molar-refractivity contribution in [2.24, 2.45) is 0 Å². The number of carbonyl (C=O) groups is 1. The topological polar surface area (TPSA) is 37.3 Å². The predicted molar refractivity (Wildman–Crippen MR) is 57.0 cm³/mol. The van der Waals surface area contributed by atoms with Gasteiger partial charge in [0.2, 0.25) is 0 Å². The number of hydrogen-bond acceptors (Lipinski definition) is 1. The van der Waals surface area contributed by atoms with Gasteiger partial charge in [0.25, 0.3) is 0 Å². The minimum atomic E-state index is -0.826. The van der Waals surface area contributed by atoms with Crippen LogP contribution in [0.3, 0.4) is 0 Å². The summed E-state index contributed by atoms with van der Waals surface area (Å²) in [5.74, 6) is -1.33. The lowest BCUT2D eigenvalue weighted by Gasteiger charge is -2.12. The van der Waals surface area contributed by atoms with E-state index >= 15 is 0 Å². The van der Waals surface area contributed by atoms with Crippen LogP contribution in [0.15, 0.2) is 12.1 Å². The van der Waals surface area contributed by atoms with Gasteiger partial charge in [0.05, 0.1) is 5.92 Å². The number of rotatable bonds is 2. The van der Waals surface area contributed by atoms with Crippen LogP contribution in [-0.4, -0.2) is 11.1 Å². The number of halogens is 1. The highest BCUT2D eigenvalue weighted by Gasteiger charge is 2.16. The fraction of sp³-hybridized carbons (Fsp3) is 0.364. The molecule has 0 bridgehead atoms. The molecule has 0 heterocycles. The molecule has 1 N–H and O–H groups in total. The molecular weight excluding hydrogens is 200 g/mol. The molecule has 0 radical (unpaired) electrons. The van der Waals surface area contributed by atoms with Crippen molar-refractivity contribution >= 4 is 17.6 Å². The molecule has 2 nitrogen and oxygen atoms in total. The van der Waals surface area contributed by atoms with Crippen LogP contribution >= 0.6 is 11.6 Å². The quantitative estimate of drug-likeness (QED) is 0.818. The molecule has 0 spiro atoms. The van der Waals surface area contributed by atoms with Crippen molar-refractivity contribution < 1.29 is 9.90 Å². The molecule has 1 aromatic carbocycles. The molecule has 76 valence electrons. The maximum Gasteiger partial charge on any atom is 0.310 e. The van der Waals surface area contributed by atoms with E-state index in [1.165, 1.54) is 0 Å². The number of hydrogen-bond donors (Lipinski definition) is 1. The molecule has 0 amide bonds. The summed E-state index contributed by atoms with van der Waals surface area (Å²) >= 11 is 5.94. The van der Waals surface area contributed by atoms with Crippen LogP contribution < -0.4 is 0 Å². The Labute approximate surface area is 88.5 Å². The van der Waals surface area contributed by atoms with E-state index < -0.39 is 11.9 Å². The van der Waals surface area contributed by atoms with E-state index in [1.807, 2.05) is 19.9 Å². The summed E-state index contributed by atoms with van der Waals surface area (Å²) in [6.45, 7) is 5.47. The molecule has 0 saturated carbocycles. The first kappa shape index (κ1) is 11.1. The van der Waals surface area contributed by atoms with Gasteiger partial charge in [-0.15, -0.1) is 0 Å². The molecule has 1 aromatic rings. The van der Waals surface area contributed by atoms with Crippen LogP contribution in [0, 0.1) is 13.8 Å². The average molecular weight is 213 g/mol. The lowest BCUT2D eigenvalue weighted by molar-refractivity contribution is -0.138. The van der Waals surface area contributed by atoms with E-state index in [0.29, 0.717) is 5.02 Å². The maximum atomic E-state index is 10.8. The third kappa shape index (κ3) is 2.07. The van der Waals surface area contributed by atoms with Crippen molar-refractivity contribution in [2.75, 3.05) is 0 Å². The zero-order valence-corrected chi connectivity index (χ0v) is 9.22. The monoisotopic (exact) mass is 212 g/mol. The van der Waals surface area contributed by atoms with Crippen molar-refractivity contribution in [1.82, 2.24) is 0 Å². The predicted octanol–water partition coefficient (Wildman–Crippen LogP) is 3.14. The van der Waals surface area contributed by atoms with E-state index in [2.05, 4.69) is 0 Å². The highest BCUT2D eigenvalue weighted by atomic mass is 35.5. The van der Waals surface area contributed by atoms with Crippen molar-refractivity contribution in [3.8, 4) is 0 Å². The second-order valence-corrected chi connectivity index (χ2v) is 3.93. The third-order valence-electron chi connectivity index (χ3n) is 2.38. The lowest BCUT2D eigenvalue weighted by Crippen LogP contribution is -2.09. The smallest absolute Gasteiger partial charge is 0.310 e. The van der Waals surface area contributed by atoms with Gasteiger partial charge in [0.15, 0.2) is 0 Å². The Hall–Kier alpha value is -1.02. The molecule has 0 aromatic heterocycles. The summed E-state index contributed by atoms with van der Waals surface area (Å²) < 4.78 is 0. The zero-order chi connectivity index (χ0) is 10.9. The van der Waals surface area contributed by atoms with Crippen molar-refractivity contribution in [2.45, 2.75) is 26.7 Å². The van der Waals surface area contributed by atoms with Crippen LogP contribution in [0.5, 0.6) is 0 Å². The Morgan fingerprint density at radius 2 is 1.93 bits per heavy atom. The van der Waals surface area contributed by atoms with E-state index in [-0.39, 0.29) is 0 Å². The van der Waals surface area contributed by atoms with Gasteiger partial charge in [-0.25, -0.2) is 0 Å². The molecular formula is C11H13ClO2. The van der Waals surface area contributed by atoms with E-state index in [0.717, 1.165) is 16.7 Å².